The number of hydrogen-bond donors (Lipinski definition) is 2. The Morgan fingerprint density at radius 1 is 1.14 bits per heavy atom. The maximum Gasteiger partial charge on any atom is 0.204 e. The molecular formula is C27H26F2N6O2. The van der Waals surface area contributed by atoms with E-state index in [2.05, 4.69) is 28.2 Å². The Bertz CT molecular complexity index is 1420. The fourth-order valence-electron chi connectivity index (χ4n) is 4.74. The molecule has 0 spiro atoms. The Labute approximate surface area is 212 Å². The molecule has 1 unspecified atom stereocenters. The number of hydrogen-bond acceptors (Lipinski definition) is 7. The van der Waals surface area contributed by atoms with Gasteiger partial charge in [-0.05, 0) is 36.2 Å². The molecular weight excluding hydrogens is 478 g/mol. The van der Waals surface area contributed by atoms with Crippen LogP contribution in [0, 0.1) is 11.6 Å². The summed E-state index contributed by atoms with van der Waals surface area (Å²) in [7, 11) is 1.75. The van der Waals surface area contributed by atoms with Crippen molar-refractivity contribution in [1.29, 1.82) is 0 Å². The van der Waals surface area contributed by atoms with E-state index in [0.717, 1.165) is 18.2 Å². The van der Waals surface area contributed by atoms with Gasteiger partial charge in [0.25, 0.3) is 0 Å². The molecule has 37 heavy (non-hydrogen) atoms. The van der Waals surface area contributed by atoms with Crippen LogP contribution in [-0.2, 0) is 13.6 Å². The number of aliphatic hydroxyl groups excluding tert-OH is 1. The van der Waals surface area contributed by atoms with Crippen LogP contribution in [0.3, 0.4) is 0 Å². The van der Waals surface area contributed by atoms with Gasteiger partial charge in [-0.15, -0.1) is 0 Å². The molecule has 0 aliphatic carbocycles. The lowest BCUT2D eigenvalue weighted by atomic mass is 10.0. The van der Waals surface area contributed by atoms with Crippen molar-refractivity contribution < 1.29 is 19.0 Å². The minimum atomic E-state index is -0.713. The molecule has 2 N–H and O–H groups in total. The molecule has 1 atom stereocenters. The Kier molecular flexibility index (Phi) is 6.24. The molecule has 1 saturated heterocycles. The molecule has 0 radical (unpaired) electrons. The Morgan fingerprint density at radius 2 is 1.89 bits per heavy atom. The van der Waals surface area contributed by atoms with Gasteiger partial charge in [-0.3, -0.25) is 14.6 Å². The molecule has 10 heteroatoms. The molecule has 8 nitrogen and oxygen atoms in total. The van der Waals surface area contributed by atoms with Crippen LogP contribution >= 0.6 is 0 Å². The SMILES string of the molecule is C=C1N=C(c2cnn(C)c2)N(Cc2cc(F)cc(F)c2)C(O)=C1C(=C)N1CCC(c2ccc(O)cn2)C1. The first-order valence-electron chi connectivity index (χ1n) is 11.7. The molecule has 2 aliphatic rings. The van der Waals surface area contributed by atoms with Crippen molar-refractivity contribution in [3.05, 3.63) is 113 Å². The number of halogens is 2. The number of aromatic hydroxyl groups is 1. The second kappa shape index (κ2) is 9.53. The highest BCUT2D eigenvalue weighted by atomic mass is 19.1. The number of aliphatic imine (C=N–C) groups is 1. The monoisotopic (exact) mass is 504 g/mol. The maximum atomic E-state index is 13.9. The largest absolute Gasteiger partial charge is 0.506 e. The second-order valence-electron chi connectivity index (χ2n) is 9.17. The van der Waals surface area contributed by atoms with E-state index in [1.807, 2.05) is 4.90 Å². The molecule has 0 bridgehead atoms. The molecule has 0 saturated carbocycles. The van der Waals surface area contributed by atoms with Crippen molar-refractivity contribution >= 4 is 5.84 Å². The quantitative estimate of drug-likeness (QED) is 0.519. The summed E-state index contributed by atoms with van der Waals surface area (Å²) >= 11 is 0. The molecule has 1 aromatic carbocycles. The van der Waals surface area contributed by atoms with E-state index in [1.165, 1.54) is 23.2 Å². The van der Waals surface area contributed by atoms with E-state index in [-0.39, 0.29) is 24.1 Å². The average molecular weight is 505 g/mol. The number of benzene rings is 1. The van der Waals surface area contributed by atoms with Crippen LogP contribution in [0.4, 0.5) is 8.78 Å². The number of aryl methyl sites for hydroxylation is 1. The van der Waals surface area contributed by atoms with Crippen LogP contribution in [0.5, 0.6) is 5.75 Å². The summed E-state index contributed by atoms with van der Waals surface area (Å²) in [5.74, 6) is -1.01. The molecule has 190 valence electrons. The Morgan fingerprint density at radius 3 is 2.54 bits per heavy atom. The van der Waals surface area contributed by atoms with Crippen LogP contribution in [0.2, 0.25) is 0 Å². The van der Waals surface area contributed by atoms with E-state index >= 15 is 0 Å². The number of amidine groups is 1. The van der Waals surface area contributed by atoms with Crippen molar-refractivity contribution in [2.45, 2.75) is 18.9 Å². The van der Waals surface area contributed by atoms with Gasteiger partial charge in [0.1, 0.15) is 23.2 Å². The third-order valence-electron chi connectivity index (χ3n) is 6.54. The van der Waals surface area contributed by atoms with Gasteiger partial charge in [-0.2, -0.15) is 5.10 Å². The van der Waals surface area contributed by atoms with Crippen LogP contribution < -0.4 is 0 Å². The summed E-state index contributed by atoms with van der Waals surface area (Å²) in [6.45, 7) is 9.53. The average Bonchev–Trinajstić information content (AvgIpc) is 3.50. The van der Waals surface area contributed by atoms with E-state index in [9.17, 15) is 19.0 Å². The number of rotatable bonds is 6. The standard InChI is InChI=1S/C27H26F2N6O2/c1-16-25(17(2)34-7-6-19(15-34)24-5-4-23(36)12-30-24)27(37)35(13-18-8-21(28)10-22(29)9-18)26(32-16)20-11-31-33(3)14-20/h4-5,8-12,14,19,36-37H,1-2,6-7,13,15H2,3H3. The normalized spacial score (nSPS) is 18.0. The first-order valence-corrected chi connectivity index (χ1v) is 11.7. The lowest BCUT2D eigenvalue weighted by molar-refractivity contribution is 0.258. The van der Waals surface area contributed by atoms with Crippen LogP contribution in [0.25, 0.3) is 0 Å². The first kappa shape index (κ1) is 24.2. The third kappa shape index (κ3) is 4.82. The van der Waals surface area contributed by atoms with E-state index < -0.39 is 11.6 Å². The van der Waals surface area contributed by atoms with Crippen molar-refractivity contribution in [3.8, 4) is 5.75 Å². The fraction of sp³-hybridized carbons (Fsp3) is 0.222. The van der Waals surface area contributed by atoms with Gasteiger partial charge in [0.05, 0.1) is 35.8 Å². The van der Waals surface area contributed by atoms with Crippen molar-refractivity contribution in [1.82, 2.24) is 24.6 Å². The van der Waals surface area contributed by atoms with Crippen LogP contribution in [-0.4, -0.2) is 53.7 Å². The van der Waals surface area contributed by atoms with Gasteiger partial charge in [0, 0.05) is 49.7 Å². The summed E-state index contributed by atoms with van der Waals surface area (Å²) in [5.41, 5.74) is 2.99. The predicted octanol–water partition coefficient (Wildman–Crippen LogP) is 4.35. The van der Waals surface area contributed by atoms with Gasteiger partial charge in [0.15, 0.2) is 0 Å². The Balaban J connectivity index is 1.47. The summed E-state index contributed by atoms with van der Waals surface area (Å²) in [6.07, 6.45) is 5.56. The number of nitrogens with zero attached hydrogens (tertiary/aromatic N) is 6. The number of likely N-dealkylation sites (tertiary alicyclic amines) is 1. The van der Waals surface area contributed by atoms with Gasteiger partial charge >= 0.3 is 0 Å². The highest BCUT2D eigenvalue weighted by Gasteiger charge is 2.34. The summed E-state index contributed by atoms with van der Waals surface area (Å²) in [5, 5.41) is 25.2. The highest BCUT2D eigenvalue weighted by Crippen LogP contribution is 2.36. The molecule has 1 fully saturated rings. The van der Waals surface area contributed by atoms with Gasteiger partial charge < -0.3 is 15.1 Å². The van der Waals surface area contributed by atoms with Crippen LogP contribution in [0.15, 0.2) is 89.9 Å². The summed E-state index contributed by atoms with van der Waals surface area (Å²) < 4.78 is 29.5. The highest BCUT2D eigenvalue weighted by molar-refractivity contribution is 6.01. The van der Waals surface area contributed by atoms with E-state index in [4.69, 9.17) is 0 Å². The number of aromatic nitrogens is 3. The molecule has 2 aromatic heterocycles. The second-order valence-corrected chi connectivity index (χ2v) is 9.17. The number of pyridine rings is 1. The van der Waals surface area contributed by atoms with Crippen LogP contribution in [0.1, 0.15) is 29.2 Å². The van der Waals surface area contributed by atoms with Gasteiger partial charge in [0.2, 0.25) is 5.88 Å². The zero-order valence-electron chi connectivity index (χ0n) is 20.3. The third-order valence-corrected chi connectivity index (χ3v) is 6.54. The Hall–Kier alpha value is -4.47. The maximum absolute atomic E-state index is 13.9. The number of aliphatic hydroxyl groups is 1. The van der Waals surface area contributed by atoms with Gasteiger partial charge in [-0.1, -0.05) is 13.2 Å². The van der Waals surface area contributed by atoms with E-state index in [1.54, 1.807) is 36.3 Å². The van der Waals surface area contributed by atoms with Crippen molar-refractivity contribution in [2.24, 2.45) is 12.0 Å². The minimum Gasteiger partial charge on any atom is -0.506 e. The topological polar surface area (TPSA) is 90.0 Å². The zero-order chi connectivity index (χ0) is 26.3. The van der Waals surface area contributed by atoms with E-state index in [0.29, 0.717) is 47.0 Å². The minimum absolute atomic E-state index is 0.0433. The molecule has 5 rings (SSSR count). The smallest absolute Gasteiger partial charge is 0.204 e. The molecule has 0 amide bonds. The van der Waals surface area contributed by atoms with Crippen molar-refractivity contribution in [3.63, 3.8) is 0 Å². The lowest BCUT2D eigenvalue weighted by Gasteiger charge is -2.33. The lowest BCUT2D eigenvalue weighted by Crippen LogP contribution is -2.36. The zero-order valence-corrected chi connectivity index (χ0v) is 20.3. The first-order chi connectivity index (χ1) is 17.7. The molecule has 3 aromatic rings. The molecule has 2 aliphatic heterocycles. The summed E-state index contributed by atoms with van der Waals surface area (Å²) in [6, 6.07) is 6.63. The van der Waals surface area contributed by atoms with Crippen molar-refractivity contribution in [2.75, 3.05) is 13.1 Å². The predicted molar refractivity (Wildman–Crippen MR) is 134 cm³/mol. The van der Waals surface area contributed by atoms with Gasteiger partial charge in [-0.25, -0.2) is 13.8 Å². The molecule has 4 heterocycles. The fourth-order valence-corrected chi connectivity index (χ4v) is 4.74. The summed E-state index contributed by atoms with van der Waals surface area (Å²) in [4.78, 5) is 12.5.